The van der Waals surface area contributed by atoms with Gasteiger partial charge >= 0.3 is 0 Å². The number of hydrogen-bond acceptors (Lipinski definition) is 10. The summed E-state index contributed by atoms with van der Waals surface area (Å²) in [4.78, 5) is 13.9. The normalized spacial score (nSPS) is 11.2. The molecule has 2 heterocycles. The summed E-state index contributed by atoms with van der Waals surface area (Å²) in [6.45, 7) is 4.03. The van der Waals surface area contributed by atoms with Crippen molar-refractivity contribution in [2.24, 2.45) is 0 Å². The molecular formula is C42H42N8O4S. The number of aromatic nitrogens is 4. The third kappa shape index (κ3) is 8.54. The van der Waals surface area contributed by atoms with E-state index in [4.69, 9.17) is 39.0 Å². The Kier molecular flexibility index (Phi) is 10.8. The Morgan fingerprint density at radius 3 is 1.16 bits per heavy atom. The van der Waals surface area contributed by atoms with E-state index in [1.807, 2.05) is 90.6 Å². The van der Waals surface area contributed by atoms with Crippen LogP contribution in [0.15, 0.2) is 121 Å². The minimum Gasteiger partial charge on any atom is -0.759 e. The van der Waals surface area contributed by atoms with E-state index in [0.717, 1.165) is 89.4 Å². The number of benzene rings is 6. The SMILES string of the molecule is Cc1cc2nc3ccc(N(C)C)cc3[n+](-c3ccccc3)c2cc1N.Cc1cc2nc3ccc(N(C)C)cc3[n+](-c3ccccc3)c2cc1N.O=S(=O)([O-])[O-]. The highest BCUT2D eigenvalue weighted by Crippen LogP contribution is 2.26. The molecule has 0 unspecified atom stereocenters. The Labute approximate surface area is 320 Å². The fourth-order valence-corrected chi connectivity index (χ4v) is 6.29. The lowest BCUT2D eigenvalue weighted by atomic mass is 10.1. The molecule has 0 radical (unpaired) electrons. The van der Waals surface area contributed by atoms with E-state index < -0.39 is 10.4 Å². The van der Waals surface area contributed by atoms with Gasteiger partial charge in [0.1, 0.15) is 22.1 Å². The first-order valence-electron chi connectivity index (χ1n) is 17.3. The molecule has 12 nitrogen and oxygen atoms in total. The number of aryl methyl sites for hydroxylation is 2. The monoisotopic (exact) mass is 754 g/mol. The van der Waals surface area contributed by atoms with Crippen LogP contribution in [0.3, 0.4) is 0 Å². The van der Waals surface area contributed by atoms with Crippen molar-refractivity contribution in [3.8, 4) is 11.4 Å². The summed E-state index contributed by atoms with van der Waals surface area (Å²) in [5.74, 6) is 0. The molecule has 0 saturated heterocycles. The van der Waals surface area contributed by atoms with Crippen molar-refractivity contribution in [2.75, 3.05) is 49.5 Å². The molecule has 280 valence electrons. The second-order valence-electron chi connectivity index (χ2n) is 13.5. The Morgan fingerprint density at radius 1 is 0.509 bits per heavy atom. The van der Waals surface area contributed by atoms with Crippen LogP contribution in [-0.4, -0.2) is 55.7 Å². The van der Waals surface area contributed by atoms with Crippen molar-refractivity contribution in [2.45, 2.75) is 13.8 Å². The fourth-order valence-electron chi connectivity index (χ4n) is 6.29. The van der Waals surface area contributed by atoms with Gasteiger partial charge in [-0.05, 0) is 61.4 Å². The molecule has 0 saturated carbocycles. The van der Waals surface area contributed by atoms with Crippen LogP contribution in [0.25, 0.3) is 55.5 Å². The molecule has 0 atom stereocenters. The lowest BCUT2D eigenvalue weighted by Crippen LogP contribution is -2.33. The second kappa shape index (κ2) is 15.5. The van der Waals surface area contributed by atoms with E-state index in [9.17, 15) is 0 Å². The fraction of sp³-hybridized carbons (Fsp3) is 0.143. The lowest BCUT2D eigenvalue weighted by Gasteiger charge is -2.13. The first kappa shape index (κ1) is 38.3. The number of nitrogens with zero attached hydrogens (tertiary/aromatic N) is 6. The van der Waals surface area contributed by atoms with Gasteiger partial charge in [-0.25, -0.2) is 9.97 Å². The molecule has 0 spiro atoms. The van der Waals surface area contributed by atoms with Gasteiger partial charge in [0.05, 0.1) is 0 Å². The third-order valence-corrected chi connectivity index (χ3v) is 9.15. The van der Waals surface area contributed by atoms with Gasteiger partial charge < -0.3 is 30.4 Å². The molecule has 0 bridgehead atoms. The topological polar surface area (TPSA) is 172 Å². The van der Waals surface area contributed by atoms with Gasteiger partial charge in [-0.2, -0.15) is 0 Å². The minimum atomic E-state index is -5.17. The van der Waals surface area contributed by atoms with Crippen molar-refractivity contribution < 1.29 is 26.7 Å². The highest BCUT2D eigenvalue weighted by atomic mass is 32.3. The summed E-state index contributed by atoms with van der Waals surface area (Å²) >= 11 is 0. The molecule has 6 aromatic carbocycles. The predicted octanol–water partition coefficient (Wildman–Crippen LogP) is 5.90. The van der Waals surface area contributed by atoms with Crippen molar-refractivity contribution in [1.82, 2.24) is 9.97 Å². The molecule has 0 amide bonds. The van der Waals surface area contributed by atoms with E-state index in [1.165, 1.54) is 0 Å². The Hall–Kier alpha value is -6.41. The number of nitrogens with two attached hydrogens (primary N) is 2. The van der Waals surface area contributed by atoms with Crippen LogP contribution in [0.1, 0.15) is 11.1 Å². The molecule has 0 fully saturated rings. The van der Waals surface area contributed by atoms with Gasteiger partial charge in [0, 0.05) is 110 Å². The van der Waals surface area contributed by atoms with E-state index in [0.29, 0.717) is 0 Å². The molecule has 0 aliphatic carbocycles. The Bertz CT molecular complexity index is 2610. The van der Waals surface area contributed by atoms with E-state index >= 15 is 0 Å². The lowest BCUT2D eigenvalue weighted by molar-refractivity contribution is -0.538. The number of rotatable bonds is 4. The molecule has 55 heavy (non-hydrogen) atoms. The maximum Gasteiger partial charge on any atom is 0.239 e. The van der Waals surface area contributed by atoms with E-state index in [2.05, 4.69) is 91.7 Å². The number of para-hydroxylation sites is 2. The van der Waals surface area contributed by atoms with Crippen molar-refractivity contribution >= 4 is 77.3 Å². The Morgan fingerprint density at radius 2 is 0.836 bits per heavy atom. The summed E-state index contributed by atoms with van der Waals surface area (Å²) in [5, 5.41) is 0. The zero-order valence-electron chi connectivity index (χ0n) is 31.4. The van der Waals surface area contributed by atoms with Crippen molar-refractivity contribution in [1.29, 1.82) is 0 Å². The summed E-state index contributed by atoms with van der Waals surface area (Å²) < 4.78 is 38.6. The molecule has 2 aromatic heterocycles. The average Bonchev–Trinajstić information content (AvgIpc) is 3.14. The predicted molar refractivity (Wildman–Crippen MR) is 219 cm³/mol. The number of anilines is 4. The number of fused-ring (bicyclic) bond motifs is 4. The standard InChI is InChI=1S/2C21H20N4.H2O4S/c2*1-14-11-19-21(13-17(14)22)25(15-7-5-4-6-8-15)20-12-16(24(2)3)9-10-18(20)23-19;1-5(2,3)4/h2*4-13,22H,1-3H3;(H2,1,2,3,4). The van der Waals surface area contributed by atoms with Gasteiger partial charge in [0.15, 0.2) is 0 Å². The van der Waals surface area contributed by atoms with Gasteiger partial charge in [0.2, 0.25) is 33.4 Å². The maximum absolute atomic E-state index is 8.52. The summed E-state index contributed by atoms with van der Waals surface area (Å²) in [7, 11) is 3.02. The highest BCUT2D eigenvalue weighted by molar-refractivity contribution is 7.79. The zero-order chi connectivity index (χ0) is 39.6. The largest absolute Gasteiger partial charge is 0.759 e. The van der Waals surface area contributed by atoms with Gasteiger partial charge in [-0.1, -0.05) is 36.4 Å². The van der Waals surface area contributed by atoms with E-state index in [-0.39, 0.29) is 0 Å². The molecule has 4 N–H and O–H groups in total. The average molecular weight is 755 g/mol. The van der Waals surface area contributed by atoms with Crippen LogP contribution in [-0.2, 0) is 10.4 Å². The van der Waals surface area contributed by atoms with Gasteiger partial charge in [0.25, 0.3) is 0 Å². The maximum atomic E-state index is 8.52. The molecule has 0 aliphatic heterocycles. The zero-order valence-corrected chi connectivity index (χ0v) is 32.2. The minimum absolute atomic E-state index is 0.780. The summed E-state index contributed by atoms with van der Waals surface area (Å²) in [5.41, 5.74) is 28.5. The Balaban J connectivity index is 0.000000167. The highest BCUT2D eigenvalue weighted by Gasteiger charge is 2.22. The molecule has 13 heteroatoms. The van der Waals surface area contributed by atoms with Gasteiger partial charge in [-0.15, -0.1) is 9.13 Å². The first-order valence-corrected chi connectivity index (χ1v) is 18.7. The molecule has 0 aliphatic rings. The van der Waals surface area contributed by atoms with Crippen LogP contribution >= 0.6 is 0 Å². The smallest absolute Gasteiger partial charge is 0.239 e. The summed E-state index contributed by atoms with van der Waals surface area (Å²) in [6, 6.07) is 41.5. The first-order chi connectivity index (χ1) is 26.1. The number of hydrogen-bond donors (Lipinski definition) is 2. The second-order valence-corrected chi connectivity index (χ2v) is 14.3. The van der Waals surface area contributed by atoms with Crippen molar-refractivity contribution in [3.05, 3.63) is 132 Å². The van der Waals surface area contributed by atoms with Crippen LogP contribution in [0.5, 0.6) is 0 Å². The van der Waals surface area contributed by atoms with E-state index in [1.54, 1.807) is 0 Å². The van der Waals surface area contributed by atoms with Crippen LogP contribution < -0.4 is 30.4 Å². The van der Waals surface area contributed by atoms with Gasteiger partial charge in [-0.3, -0.25) is 8.42 Å². The molecule has 8 rings (SSSR count). The third-order valence-electron chi connectivity index (χ3n) is 9.15. The van der Waals surface area contributed by atoms with Crippen LogP contribution in [0.2, 0.25) is 0 Å². The number of nitrogen functional groups attached to an aromatic ring is 2. The quantitative estimate of drug-likeness (QED) is 0.0724. The molecule has 8 aromatic rings. The van der Waals surface area contributed by atoms with Crippen LogP contribution in [0.4, 0.5) is 22.7 Å². The molecular weight excluding hydrogens is 713 g/mol. The van der Waals surface area contributed by atoms with Crippen molar-refractivity contribution in [3.63, 3.8) is 0 Å². The summed E-state index contributed by atoms with van der Waals surface area (Å²) in [6.07, 6.45) is 0. The van der Waals surface area contributed by atoms with Crippen LogP contribution in [0, 0.1) is 13.8 Å².